The van der Waals surface area contributed by atoms with Crippen LogP contribution in [0.3, 0.4) is 0 Å². The molecule has 66 valence electrons. The van der Waals surface area contributed by atoms with Crippen molar-refractivity contribution < 1.29 is 4.39 Å². The summed E-state index contributed by atoms with van der Waals surface area (Å²) in [7, 11) is 1.86. The van der Waals surface area contributed by atoms with Crippen LogP contribution in [0.25, 0.3) is 0 Å². The van der Waals surface area contributed by atoms with E-state index in [1.54, 1.807) is 6.07 Å². The number of rotatable bonds is 3. The molecule has 12 heavy (non-hydrogen) atoms. The first-order valence-electron chi connectivity index (χ1n) is 3.92. The van der Waals surface area contributed by atoms with Gasteiger partial charge in [-0.3, -0.25) is 0 Å². The minimum absolute atomic E-state index is 0.227. The maximum Gasteiger partial charge on any atom is 0.123 e. The third-order valence-electron chi connectivity index (χ3n) is 1.75. The second-order valence-electron chi connectivity index (χ2n) is 2.70. The van der Waals surface area contributed by atoms with E-state index in [2.05, 4.69) is 5.32 Å². The molecule has 0 aliphatic heterocycles. The molecule has 0 bridgehead atoms. The molecule has 0 spiro atoms. The average Bonchev–Trinajstić information content (AvgIpc) is 2.07. The van der Waals surface area contributed by atoms with Crippen molar-refractivity contribution >= 4 is 5.69 Å². The Labute approximate surface area is 71.6 Å². The number of benzene rings is 1. The first-order chi connectivity index (χ1) is 5.74. The quantitative estimate of drug-likeness (QED) is 0.665. The number of hydrogen-bond donors (Lipinski definition) is 2. The fourth-order valence-electron chi connectivity index (χ4n) is 1.05. The van der Waals surface area contributed by atoms with Crippen LogP contribution in [0.1, 0.15) is 5.56 Å². The maximum atomic E-state index is 12.7. The van der Waals surface area contributed by atoms with Gasteiger partial charge in [-0.25, -0.2) is 4.39 Å². The fourth-order valence-corrected chi connectivity index (χ4v) is 1.05. The van der Waals surface area contributed by atoms with E-state index in [4.69, 9.17) is 5.73 Å². The Bertz CT molecular complexity index is 261. The number of nitrogen functional groups attached to an aromatic ring is 1. The van der Waals surface area contributed by atoms with Crippen LogP contribution in [0.5, 0.6) is 0 Å². The molecule has 0 aromatic heterocycles. The lowest BCUT2D eigenvalue weighted by Gasteiger charge is -2.04. The van der Waals surface area contributed by atoms with Crippen LogP contribution in [0.15, 0.2) is 18.2 Å². The Kier molecular flexibility index (Phi) is 3.05. The second-order valence-corrected chi connectivity index (χ2v) is 2.70. The molecule has 0 aliphatic rings. The molecule has 0 amide bonds. The molecule has 0 saturated heterocycles. The van der Waals surface area contributed by atoms with Crippen LogP contribution in [0.4, 0.5) is 10.1 Å². The highest BCUT2D eigenvalue weighted by atomic mass is 19.1. The van der Waals surface area contributed by atoms with Gasteiger partial charge in [0, 0.05) is 5.69 Å². The normalized spacial score (nSPS) is 10.2. The van der Waals surface area contributed by atoms with Crippen LogP contribution in [0, 0.1) is 5.82 Å². The van der Waals surface area contributed by atoms with E-state index >= 15 is 0 Å². The number of halogens is 1. The van der Waals surface area contributed by atoms with Crippen LogP contribution in [0.2, 0.25) is 0 Å². The summed E-state index contributed by atoms with van der Waals surface area (Å²) in [6.07, 6.45) is 0.764. The van der Waals surface area contributed by atoms with Crippen molar-refractivity contribution in [3.63, 3.8) is 0 Å². The molecule has 2 nitrogen and oxygen atoms in total. The predicted molar refractivity (Wildman–Crippen MR) is 48.4 cm³/mol. The van der Waals surface area contributed by atoms with E-state index in [0.29, 0.717) is 5.69 Å². The van der Waals surface area contributed by atoms with Crippen molar-refractivity contribution in [2.75, 3.05) is 19.3 Å². The zero-order valence-corrected chi connectivity index (χ0v) is 7.10. The van der Waals surface area contributed by atoms with Gasteiger partial charge >= 0.3 is 0 Å². The summed E-state index contributed by atoms with van der Waals surface area (Å²) in [5.74, 6) is -0.227. The number of hydrogen-bond acceptors (Lipinski definition) is 2. The number of anilines is 1. The first kappa shape index (κ1) is 9.00. The summed E-state index contributed by atoms with van der Waals surface area (Å²) < 4.78 is 12.7. The molecule has 3 heteroatoms. The molecular formula is C9H13FN2. The maximum absolute atomic E-state index is 12.7. The topological polar surface area (TPSA) is 38.0 Å². The Balaban J connectivity index is 2.75. The highest BCUT2D eigenvalue weighted by Gasteiger charge is 1.99. The van der Waals surface area contributed by atoms with Gasteiger partial charge in [0.1, 0.15) is 5.82 Å². The average molecular weight is 168 g/mol. The molecule has 0 atom stereocenters. The monoisotopic (exact) mass is 168 g/mol. The van der Waals surface area contributed by atoms with Gasteiger partial charge in [-0.1, -0.05) is 0 Å². The van der Waals surface area contributed by atoms with Crippen molar-refractivity contribution in [3.8, 4) is 0 Å². The summed E-state index contributed by atoms with van der Waals surface area (Å²) in [4.78, 5) is 0. The van der Waals surface area contributed by atoms with Crippen molar-refractivity contribution in [1.29, 1.82) is 0 Å². The zero-order chi connectivity index (χ0) is 8.97. The molecular weight excluding hydrogens is 155 g/mol. The summed E-state index contributed by atoms with van der Waals surface area (Å²) >= 11 is 0. The lowest BCUT2D eigenvalue weighted by atomic mass is 10.1. The third kappa shape index (κ3) is 2.20. The van der Waals surface area contributed by atoms with E-state index in [1.807, 2.05) is 7.05 Å². The SMILES string of the molecule is CNCCc1cc(F)ccc1N. The Hall–Kier alpha value is -1.09. The summed E-state index contributed by atoms with van der Waals surface area (Å²) in [6.45, 7) is 0.813. The number of likely N-dealkylation sites (N-methyl/N-ethyl adjacent to an activating group) is 1. The van der Waals surface area contributed by atoms with Crippen molar-refractivity contribution in [2.24, 2.45) is 0 Å². The van der Waals surface area contributed by atoms with Gasteiger partial charge in [0.15, 0.2) is 0 Å². The summed E-state index contributed by atoms with van der Waals surface area (Å²) in [5.41, 5.74) is 7.16. The van der Waals surface area contributed by atoms with Crippen molar-refractivity contribution in [3.05, 3.63) is 29.6 Å². The second kappa shape index (κ2) is 4.07. The summed E-state index contributed by atoms with van der Waals surface area (Å²) in [6, 6.07) is 4.45. The van der Waals surface area contributed by atoms with Gasteiger partial charge in [0.25, 0.3) is 0 Å². The molecule has 0 fully saturated rings. The molecule has 1 aromatic carbocycles. The van der Waals surface area contributed by atoms with Crippen LogP contribution >= 0.6 is 0 Å². The van der Waals surface area contributed by atoms with E-state index in [1.165, 1.54) is 12.1 Å². The molecule has 0 unspecified atom stereocenters. The van der Waals surface area contributed by atoms with E-state index < -0.39 is 0 Å². The first-order valence-corrected chi connectivity index (χ1v) is 3.92. The van der Waals surface area contributed by atoms with Crippen molar-refractivity contribution in [1.82, 2.24) is 5.32 Å². The standard InChI is InChI=1S/C9H13FN2/c1-12-5-4-7-6-8(10)2-3-9(7)11/h2-3,6,12H,4-5,11H2,1H3. The van der Waals surface area contributed by atoms with Gasteiger partial charge < -0.3 is 11.1 Å². The van der Waals surface area contributed by atoms with Crippen molar-refractivity contribution in [2.45, 2.75) is 6.42 Å². The van der Waals surface area contributed by atoms with E-state index in [-0.39, 0.29) is 5.82 Å². The highest BCUT2D eigenvalue weighted by Crippen LogP contribution is 2.13. The Morgan fingerprint density at radius 2 is 2.25 bits per heavy atom. The summed E-state index contributed by atoms with van der Waals surface area (Å²) in [5, 5.41) is 2.98. The lowest BCUT2D eigenvalue weighted by molar-refractivity contribution is 0.625. The minimum Gasteiger partial charge on any atom is -0.399 e. The molecule has 0 heterocycles. The van der Waals surface area contributed by atoms with Crippen LogP contribution < -0.4 is 11.1 Å². The fraction of sp³-hybridized carbons (Fsp3) is 0.333. The molecule has 0 aliphatic carbocycles. The molecule has 0 radical (unpaired) electrons. The lowest BCUT2D eigenvalue weighted by Crippen LogP contribution is -2.11. The molecule has 1 rings (SSSR count). The van der Waals surface area contributed by atoms with E-state index in [0.717, 1.165) is 18.5 Å². The van der Waals surface area contributed by atoms with Gasteiger partial charge in [0.05, 0.1) is 0 Å². The predicted octanol–water partition coefficient (Wildman–Crippen LogP) is 1.17. The number of nitrogens with one attached hydrogen (secondary N) is 1. The van der Waals surface area contributed by atoms with Crippen LogP contribution in [-0.4, -0.2) is 13.6 Å². The third-order valence-corrected chi connectivity index (χ3v) is 1.75. The Morgan fingerprint density at radius 3 is 2.92 bits per heavy atom. The smallest absolute Gasteiger partial charge is 0.123 e. The van der Waals surface area contributed by atoms with E-state index in [9.17, 15) is 4.39 Å². The number of nitrogens with two attached hydrogens (primary N) is 1. The largest absolute Gasteiger partial charge is 0.399 e. The van der Waals surface area contributed by atoms with Gasteiger partial charge in [-0.2, -0.15) is 0 Å². The molecule has 0 saturated carbocycles. The molecule has 3 N–H and O–H groups in total. The Morgan fingerprint density at radius 1 is 1.50 bits per heavy atom. The van der Waals surface area contributed by atoms with Crippen LogP contribution in [-0.2, 0) is 6.42 Å². The highest BCUT2D eigenvalue weighted by molar-refractivity contribution is 5.46. The minimum atomic E-state index is -0.227. The zero-order valence-electron chi connectivity index (χ0n) is 7.10. The van der Waals surface area contributed by atoms with Gasteiger partial charge in [-0.15, -0.1) is 0 Å². The van der Waals surface area contributed by atoms with Gasteiger partial charge in [-0.05, 0) is 43.8 Å². The molecule has 1 aromatic rings. The van der Waals surface area contributed by atoms with Gasteiger partial charge in [0.2, 0.25) is 0 Å².